The maximum Gasteiger partial charge on any atom is 0.0610 e. The molecule has 1 unspecified atom stereocenters. The highest BCUT2D eigenvalue weighted by Gasteiger charge is 2.31. The van der Waals surface area contributed by atoms with Crippen LogP contribution in [-0.2, 0) is 0 Å². The number of nitrogens with zero attached hydrogens (tertiary/aromatic N) is 1. The lowest BCUT2D eigenvalue weighted by Gasteiger charge is -2.30. The molecule has 118 valence electrons. The Morgan fingerprint density at radius 1 is 1.15 bits per heavy atom. The predicted molar refractivity (Wildman–Crippen MR) is 85.0 cm³/mol. The lowest BCUT2D eigenvalue weighted by molar-refractivity contribution is 0.155. The molecule has 2 aliphatic rings. The van der Waals surface area contributed by atoms with Gasteiger partial charge in [-0.15, -0.1) is 0 Å². The van der Waals surface area contributed by atoms with Crippen LogP contribution in [0.2, 0.25) is 0 Å². The first kappa shape index (κ1) is 16.3. The minimum Gasteiger partial charge on any atom is -0.394 e. The highest BCUT2D eigenvalue weighted by molar-refractivity contribution is 4.92. The van der Waals surface area contributed by atoms with Crippen molar-refractivity contribution in [3.63, 3.8) is 0 Å². The lowest BCUT2D eigenvalue weighted by Crippen LogP contribution is -2.47. The fourth-order valence-corrected chi connectivity index (χ4v) is 3.62. The van der Waals surface area contributed by atoms with Crippen LogP contribution in [0.3, 0.4) is 0 Å². The second-order valence-corrected chi connectivity index (χ2v) is 7.16. The van der Waals surface area contributed by atoms with Crippen LogP contribution in [0.1, 0.15) is 71.6 Å². The molecule has 0 aromatic rings. The molecule has 2 aliphatic carbocycles. The van der Waals surface area contributed by atoms with Crippen molar-refractivity contribution in [3.8, 4) is 0 Å². The van der Waals surface area contributed by atoms with Crippen molar-refractivity contribution in [1.29, 1.82) is 0 Å². The summed E-state index contributed by atoms with van der Waals surface area (Å²) in [5.41, 5.74) is -0.0500. The SMILES string of the molecule is CCN(CCCCC(C)(CO)NC1CC1)C1CCCC1. The van der Waals surface area contributed by atoms with E-state index in [1.54, 1.807) is 0 Å². The highest BCUT2D eigenvalue weighted by atomic mass is 16.3. The molecule has 2 saturated carbocycles. The van der Waals surface area contributed by atoms with Gasteiger partial charge in [0.1, 0.15) is 0 Å². The van der Waals surface area contributed by atoms with Crippen LogP contribution in [0.25, 0.3) is 0 Å². The van der Waals surface area contributed by atoms with Gasteiger partial charge in [-0.3, -0.25) is 0 Å². The first-order valence-corrected chi connectivity index (χ1v) is 8.79. The largest absolute Gasteiger partial charge is 0.394 e. The van der Waals surface area contributed by atoms with Crippen molar-refractivity contribution in [3.05, 3.63) is 0 Å². The van der Waals surface area contributed by atoms with Crippen LogP contribution in [0, 0.1) is 0 Å². The molecule has 0 bridgehead atoms. The molecule has 0 spiro atoms. The molecule has 20 heavy (non-hydrogen) atoms. The average molecular weight is 282 g/mol. The van der Waals surface area contributed by atoms with Gasteiger partial charge in [0, 0.05) is 17.6 Å². The zero-order valence-electron chi connectivity index (χ0n) is 13.5. The minimum atomic E-state index is -0.0500. The first-order chi connectivity index (χ1) is 9.67. The molecule has 0 heterocycles. The number of aliphatic hydroxyl groups excluding tert-OH is 1. The monoisotopic (exact) mass is 282 g/mol. The van der Waals surface area contributed by atoms with Gasteiger partial charge in [0.05, 0.1) is 6.61 Å². The summed E-state index contributed by atoms with van der Waals surface area (Å²) < 4.78 is 0. The van der Waals surface area contributed by atoms with Crippen LogP contribution in [0.4, 0.5) is 0 Å². The van der Waals surface area contributed by atoms with E-state index in [2.05, 4.69) is 24.1 Å². The minimum absolute atomic E-state index is 0.0500. The van der Waals surface area contributed by atoms with Crippen molar-refractivity contribution in [2.75, 3.05) is 19.7 Å². The summed E-state index contributed by atoms with van der Waals surface area (Å²) in [6, 6.07) is 1.53. The van der Waals surface area contributed by atoms with Crippen LogP contribution >= 0.6 is 0 Å². The predicted octanol–water partition coefficient (Wildman–Crippen LogP) is 2.92. The quantitative estimate of drug-likeness (QED) is 0.605. The number of hydrogen-bond acceptors (Lipinski definition) is 3. The number of aliphatic hydroxyl groups is 1. The topological polar surface area (TPSA) is 35.5 Å². The number of rotatable bonds is 10. The van der Waals surface area contributed by atoms with E-state index in [0.717, 1.165) is 12.5 Å². The molecule has 3 heteroatoms. The van der Waals surface area contributed by atoms with E-state index in [0.29, 0.717) is 6.04 Å². The Morgan fingerprint density at radius 3 is 2.40 bits per heavy atom. The zero-order valence-corrected chi connectivity index (χ0v) is 13.5. The van der Waals surface area contributed by atoms with Crippen LogP contribution in [-0.4, -0.2) is 47.3 Å². The summed E-state index contributed by atoms with van der Waals surface area (Å²) in [5, 5.41) is 13.2. The summed E-state index contributed by atoms with van der Waals surface area (Å²) in [5.74, 6) is 0. The third kappa shape index (κ3) is 5.01. The standard InChI is InChI=1S/C17H34N2O/c1-3-19(16-8-4-5-9-16)13-7-6-12-17(2,14-20)18-15-10-11-15/h15-16,18,20H,3-14H2,1-2H3. The average Bonchev–Trinajstić information content (AvgIpc) is 3.09. The third-order valence-electron chi connectivity index (χ3n) is 5.15. The Morgan fingerprint density at radius 2 is 1.85 bits per heavy atom. The van der Waals surface area contributed by atoms with E-state index in [-0.39, 0.29) is 12.1 Å². The van der Waals surface area contributed by atoms with E-state index >= 15 is 0 Å². The van der Waals surface area contributed by atoms with Crippen LogP contribution in [0.5, 0.6) is 0 Å². The molecular formula is C17H34N2O. The molecule has 0 amide bonds. The lowest BCUT2D eigenvalue weighted by atomic mass is 9.95. The molecule has 1 atom stereocenters. The molecular weight excluding hydrogens is 248 g/mol. The first-order valence-electron chi connectivity index (χ1n) is 8.79. The molecule has 0 aromatic heterocycles. The van der Waals surface area contributed by atoms with Crippen LogP contribution < -0.4 is 5.32 Å². The summed E-state index contributed by atoms with van der Waals surface area (Å²) in [4.78, 5) is 2.68. The van der Waals surface area contributed by atoms with E-state index in [1.807, 2.05) is 0 Å². The van der Waals surface area contributed by atoms with Crippen LogP contribution in [0.15, 0.2) is 0 Å². The van der Waals surface area contributed by atoms with E-state index in [4.69, 9.17) is 0 Å². The molecule has 0 saturated heterocycles. The number of nitrogens with one attached hydrogen (secondary N) is 1. The van der Waals surface area contributed by atoms with Crippen molar-refractivity contribution < 1.29 is 5.11 Å². The van der Waals surface area contributed by atoms with Gasteiger partial charge in [-0.1, -0.05) is 26.2 Å². The van der Waals surface area contributed by atoms with Crippen molar-refractivity contribution >= 4 is 0 Å². The fourth-order valence-electron chi connectivity index (χ4n) is 3.62. The Labute approximate surface area is 125 Å². The van der Waals surface area contributed by atoms with Gasteiger partial charge in [-0.25, -0.2) is 0 Å². The Hall–Kier alpha value is -0.120. The van der Waals surface area contributed by atoms with Gasteiger partial charge >= 0.3 is 0 Å². The van der Waals surface area contributed by atoms with Gasteiger partial charge in [0.25, 0.3) is 0 Å². The second kappa shape index (κ2) is 7.77. The summed E-state index contributed by atoms with van der Waals surface area (Å²) in [6.45, 7) is 7.18. The van der Waals surface area contributed by atoms with Gasteiger partial charge < -0.3 is 15.3 Å². The van der Waals surface area contributed by atoms with Gasteiger partial charge in [0.2, 0.25) is 0 Å². The van der Waals surface area contributed by atoms with E-state index in [9.17, 15) is 5.11 Å². The Balaban J connectivity index is 1.63. The number of unbranched alkanes of at least 4 members (excludes halogenated alkanes) is 1. The molecule has 0 radical (unpaired) electrons. The number of hydrogen-bond donors (Lipinski definition) is 2. The maximum atomic E-state index is 9.62. The Bertz CT molecular complexity index is 274. The van der Waals surface area contributed by atoms with E-state index in [1.165, 1.54) is 64.5 Å². The molecule has 2 rings (SSSR count). The third-order valence-corrected chi connectivity index (χ3v) is 5.15. The summed E-state index contributed by atoms with van der Waals surface area (Å²) in [7, 11) is 0. The summed E-state index contributed by atoms with van der Waals surface area (Å²) in [6.07, 6.45) is 11.8. The second-order valence-electron chi connectivity index (χ2n) is 7.16. The van der Waals surface area contributed by atoms with Crippen molar-refractivity contribution in [2.24, 2.45) is 0 Å². The molecule has 2 fully saturated rings. The van der Waals surface area contributed by atoms with Gasteiger partial charge in [-0.05, 0) is 58.5 Å². The highest BCUT2D eigenvalue weighted by Crippen LogP contribution is 2.26. The Kier molecular flexibility index (Phi) is 6.31. The maximum absolute atomic E-state index is 9.62. The van der Waals surface area contributed by atoms with E-state index < -0.39 is 0 Å². The van der Waals surface area contributed by atoms with Gasteiger partial charge in [-0.2, -0.15) is 0 Å². The van der Waals surface area contributed by atoms with Crippen molar-refractivity contribution in [2.45, 2.75) is 89.3 Å². The van der Waals surface area contributed by atoms with Crippen molar-refractivity contribution in [1.82, 2.24) is 10.2 Å². The molecule has 0 aliphatic heterocycles. The fraction of sp³-hybridized carbons (Fsp3) is 1.00. The zero-order chi connectivity index (χ0) is 14.4. The smallest absolute Gasteiger partial charge is 0.0610 e. The summed E-state index contributed by atoms with van der Waals surface area (Å²) >= 11 is 0. The molecule has 3 nitrogen and oxygen atoms in total. The molecule has 2 N–H and O–H groups in total. The normalized spacial score (nSPS) is 23.4. The van der Waals surface area contributed by atoms with Gasteiger partial charge in [0.15, 0.2) is 0 Å². The molecule has 0 aromatic carbocycles.